The molecule has 0 saturated heterocycles. The zero-order chi connectivity index (χ0) is 31.2. The Balaban J connectivity index is 0.000000307. The van der Waals surface area contributed by atoms with Crippen molar-refractivity contribution in [2.24, 2.45) is 20.0 Å². The van der Waals surface area contributed by atoms with Crippen molar-refractivity contribution in [3.63, 3.8) is 0 Å². The van der Waals surface area contributed by atoms with Crippen LogP contribution in [0.2, 0.25) is 0 Å². The predicted molar refractivity (Wildman–Crippen MR) is 181 cm³/mol. The molecule has 0 atom stereocenters. The van der Waals surface area contributed by atoms with E-state index in [4.69, 9.17) is 0 Å². The summed E-state index contributed by atoms with van der Waals surface area (Å²) in [4.78, 5) is 17.0. The van der Waals surface area contributed by atoms with Gasteiger partial charge in [0.15, 0.2) is 0 Å². The molecule has 4 aromatic carbocycles. The predicted octanol–water partition coefficient (Wildman–Crippen LogP) is 6.12. The summed E-state index contributed by atoms with van der Waals surface area (Å²) in [5, 5.41) is 30.6. The number of benzene rings is 4. The number of hydrogen-bond donors (Lipinski definition) is 2. The third kappa shape index (κ3) is 14.5. The van der Waals surface area contributed by atoms with E-state index in [1.54, 1.807) is 24.3 Å². The summed E-state index contributed by atoms with van der Waals surface area (Å²) >= 11 is 0. The van der Waals surface area contributed by atoms with Crippen molar-refractivity contribution >= 4 is 35.1 Å². The van der Waals surface area contributed by atoms with Crippen molar-refractivity contribution in [2.75, 3.05) is 23.7 Å². The van der Waals surface area contributed by atoms with Crippen LogP contribution in [0.4, 0.5) is 11.4 Å². The number of guanidine groups is 2. The van der Waals surface area contributed by atoms with Gasteiger partial charge in [0.05, 0.1) is 0 Å². The van der Waals surface area contributed by atoms with E-state index < -0.39 is 0 Å². The van der Waals surface area contributed by atoms with Gasteiger partial charge in [0, 0.05) is 24.5 Å². The van der Waals surface area contributed by atoms with Crippen LogP contribution in [0.25, 0.3) is 0 Å². The van der Waals surface area contributed by atoms with Gasteiger partial charge in [-0.05, 0) is 60.0 Å². The normalized spacial score (nSPS) is 12.0. The summed E-state index contributed by atoms with van der Waals surface area (Å²) in [6.45, 7) is 5.51. The SMILES string of the molecule is CCCCN=C(/N=C(\[O-])c1ccccc1)Nc1ccccc1.CCCCN=C(/N=C(\[O-])c1ccccc1)Nc1ccccc1.[Cu+2]. The summed E-state index contributed by atoms with van der Waals surface area (Å²) < 4.78 is 0. The van der Waals surface area contributed by atoms with Crippen LogP contribution < -0.4 is 20.8 Å². The largest absolute Gasteiger partial charge is 2.00 e. The fraction of sp³-hybridized carbons (Fsp3) is 0.222. The molecule has 0 heterocycles. The third-order valence-electron chi connectivity index (χ3n) is 6.06. The van der Waals surface area contributed by atoms with E-state index in [0.29, 0.717) is 36.1 Å². The van der Waals surface area contributed by atoms with E-state index in [1.165, 1.54) is 0 Å². The second-order valence-electron chi connectivity index (χ2n) is 9.67. The number of nitrogens with zero attached hydrogens (tertiary/aromatic N) is 4. The van der Waals surface area contributed by atoms with Crippen LogP contribution in [-0.2, 0) is 17.1 Å². The molecule has 8 nitrogen and oxygen atoms in total. The van der Waals surface area contributed by atoms with Gasteiger partial charge < -0.3 is 20.8 Å². The zero-order valence-electron chi connectivity index (χ0n) is 25.7. The van der Waals surface area contributed by atoms with Gasteiger partial charge in [-0.25, -0.2) is 9.98 Å². The topological polar surface area (TPSA) is 120 Å². The maximum absolute atomic E-state index is 12.2. The molecular formula is C36H40CuN6O2. The summed E-state index contributed by atoms with van der Waals surface area (Å²) in [6, 6.07) is 37.2. The number of rotatable bonds is 10. The van der Waals surface area contributed by atoms with Crippen LogP contribution in [0.1, 0.15) is 50.7 Å². The van der Waals surface area contributed by atoms with Crippen molar-refractivity contribution in [2.45, 2.75) is 39.5 Å². The van der Waals surface area contributed by atoms with Crippen molar-refractivity contribution in [3.05, 3.63) is 132 Å². The minimum Gasteiger partial charge on any atom is -0.858 e. The zero-order valence-corrected chi connectivity index (χ0v) is 26.6. The Morgan fingerprint density at radius 3 is 1.13 bits per heavy atom. The van der Waals surface area contributed by atoms with Crippen LogP contribution >= 0.6 is 0 Å². The molecule has 0 amide bonds. The molecule has 0 aliphatic rings. The summed E-state index contributed by atoms with van der Waals surface area (Å²) in [5.41, 5.74) is 2.84. The summed E-state index contributed by atoms with van der Waals surface area (Å²) in [5.74, 6) is 0.126. The third-order valence-corrected chi connectivity index (χ3v) is 6.06. The minimum absolute atomic E-state index is 0. The Labute approximate surface area is 277 Å². The van der Waals surface area contributed by atoms with Crippen molar-refractivity contribution in [1.82, 2.24) is 0 Å². The molecule has 0 aliphatic carbocycles. The van der Waals surface area contributed by atoms with Crippen LogP contribution in [0.15, 0.2) is 141 Å². The Morgan fingerprint density at radius 2 is 0.822 bits per heavy atom. The van der Waals surface area contributed by atoms with Gasteiger partial charge in [0.25, 0.3) is 0 Å². The molecule has 1 radical (unpaired) electrons. The van der Waals surface area contributed by atoms with Gasteiger partial charge in [-0.15, -0.1) is 0 Å². The molecule has 0 bridgehead atoms. The van der Waals surface area contributed by atoms with Crippen LogP contribution in [-0.4, -0.2) is 36.8 Å². The molecule has 9 heteroatoms. The quantitative estimate of drug-likeness (QED) is 0.0929. The molecule has 0 aromatic heterocycles. The molecule has 45 heavy (non-hydrogen) atoms. The van der Waals surface area contributed by atoms with Gasteiger partial charge in [-0.2, -0.15) is 0 Å². The van der Waals surface area contributed by atoms with Crippen LogP contribution in [0, 0.1) is 0 Å². The number of unbranched alkanes of at least 4 members (excludes halogenated alkanes) is 2. The maximum atomic E-state index is 12.2. The molecule has 0 fully saturated rings. The molecule has 0 aliphatic heterocycles. The minimum atomic E-state index is -0.292. The first kappa shape index (κ1) is 36.5. The van der Waals surface area contributed by atoms with Gasteiger partial charge in [0.2, 0.25) is 11.9 Å². The smallest absolute Gasteiger partial charge is 0.858 e. The standard InChI is InChI=1S/2C18H21N3O.Cu/c2*1-2-3-14-19-18(20-16-12-8-5-9-13-16)21-17(22)15-10-6-4-7-11-15;/h2*4-13H,2-3,14H2,1H3,(H2,19,20,21,22);/q;;+2/p-2. The Bertz CT molecular complexity index is 1360. The van der Waals surface area contributed by atoms with Crippen molar-refractivity contribution < 1.29 is 27.3 Å². The Morgan fingerprint density at radius 1 is 0.511 bits per heavy atom. The van der Waals surface area contributed by atoms with Crippen molar-refractivity contribution in [1.29, 1.82) is 0 Å². The van der Waals surface area contributed by atoms with Gasteiger partial charge in [0.1, 0.15) is 0 Å². The van der Waals surface area contributed by atoms with E-state index in [2.05, 4.69) is 44.5 Å². The summed E-state index contributed by atoms with van der Waals surface area (Å²) in [6.07, 6.45) is 4.04. The molecule has 2 N–H and O–H groups in total. The molecule has 0 spiro atoms. The first-order chi connectivity index (χ1) is 21.6. The summed E-state index contributed by atoms with van der Waals surface area (Å²) in [7, 11) is 0. The van der Waals surface area contributed by atoms with Crippen LogP contribution in [0.5, 0.6) is 0 Å². The molecule has 4 rings (SSSR count). The van der Waals surface area contributed by atoms with Crippen molar-refractivity contribution in [3.8, 4) is 0 Å². The van der Waals surface area contributed by atoms with E-state index in [1.807, 2.05) is 97.1 Å². The fourth-order valence-electron chi connectivity index (χ4n) is 3.68. The first-order valence-electron chi connectivity index (χ1n) is 14.9. The van der Waals surface area contributed by atoms with E-state index in [-0.39, 0.29) is 28.9 Å². The van der Waals surface area contributed by atoms with E-state index in [9.17, 15) is 10.2 Å². The second kappa shape index (κ2) is 21.9. The molecule has 0 unspecified atom stereocenters. The van der Waals surface area contributed by atoms with Gasteiger partial charge in [-0.3, -0.25) is 9.98 Å². The molecular weight excluding hydrogens is 612 g/mol. The number of aliphatic imine (C=N–C) groups is 4. The number of hydrogen-bond acceptors (Lipinski definition) is 4. The number of anilines is 2. The molecule has 4 aromatic rings. The average molecular weight is 652 g/mol. The van der Waals surface area contributed by atoms with Gasteiger partial charge in [-0.1, -0.05) is 124 Å². The number of nitrogens with one attached hydrogen (secondary N) is 2. The number of para-hydroxylation sites is 2. The average Bonchev–Trinajstić information content (AvgIpc) is 3.07. The van der Waals surface area contributed by atoms with Crippen LogP contribution in [0.3, 0.4) is 0 Å². The maximum Gasteiger partial charge on any atom is 2.00 e. The first-order valence-corrected chi connectivity index (χ1v) is 14.9. The Kier molecular flexibility index (Phi) is 17.7. The Hall–Kier alpha value is -4.72. The molecule has 0 saturated carbocycles. The van der Waals surface area contributed by atoms with Gasteiger partial charge >= 0.3 is 17.1 Å². The fourth-order valence-corrected chi connectivity index (χ4v) is 3.68. The molecule has 237 valence electrons. The monoisotopic (exact) mass is 651 g/mol. The van der Waals surface area contributed by atoms with E-state index >= 15 is 0 Å². The van der Waals surface area contributed by atoms with E-state index in [0.717, 1.165) is 37.1 Å². The second-order valence-corrected chi connectivity index (χ2v) is 9.67.